The van der Waals surface area contributed by atoms with Crippen LogP contribution in [0.25, 0.3) is 10.2 Å². The van der Waals surface area contributed by atoms with Crippen molar-refractivity contribution >= 4 is 50.9 Å². The van der Waals surface area contributed by atoms with Crippen LogP contribution in [-0.2, 0) is 9.59 Å². The summed E-state index contributed by atoms with van der Waals surface area (Å²) in [5.74, 6) is -6.42. The molecule has 1 aliphatic carbocycles. The molecule has 6 rings (SSSR count). The number of fused-ring (bicyclic) bond motifs is 4. The molecular weight excluding hydrogens is 488 g/mol. The number of carbonyl (C=O) groups is 3. The van der Waals surface area contributed by atoms with Gasteiger partial charge in [-0.05, 0) is 31.7 Å². The summed E-state index contributed by atoms with van der Waals surface area (Å²) in [5, 5.41) is 16.9. The van der Waals surface area contributed by atoms with Gasteiger partial charge < -0.3 is 20.5 Å². The fourth-order valence-corrected chi connectivity index (χ4v) is 6.64. The lowest BCUT2D eigenvalue weighted by atomic mass is 9.71. The first kappa shape index (κ1) is 23.1. The molecule has 180 valence electrons. The number of piperidine rings is 2. The second kappa shape index (κ2) is 8.50. The molecule has 5 atom stereocenters. The highest BCUT2D eigenvalue weighted by molar-refractivity contribution is 7.17. The summed E-state index contributed by atoms with van der Waals surface area (Å²) in [6.07, 6.45) is 0.594. The zero-order chi connectivity index (χ0) is 24.2. The Labute approximate surface area is 202 Å². The van der Waals surface area contributed by atoms with Gasteiger partial charge in [-0.15, -0.1) is 11.3 Å². The van der Waals surface area contributed by atoms with E-state index in [1.165, 1.54) is 16.2 Å². The maximum atomic E-state index is 14.9. The van der Waals surface area contributed by atoms with E-state index in [4.69, 9.17) is 11.6 Å². The molecule has 2 aromatic heterocycles. The minimum absolute atomic E-state index is 0.0879. The number of nitrogens with one attached hydrogen (secondary N) is 3. The third kappa shape index (κ3) is 3.82. The van der Waals surface area contributed by atoms with Gasteiger partial charge in [0.25, 0.3) is 11.8 Å². The number of halogens is 3. The van der Waals surface area contributed by atoms with Gasteiger partial charge in [-0.2, -0.15) is 5.26 Å². The Morgan fingerprint density at radius 3 is 2.82 bits per heavy atom. The first-order valence-corrected chi connectivity index (χ1v) is 12.4. The number of thiophene rings is 1. The van der Waals surface area contributed by atoms with Crippen LogP contribution >= 0.6 is 22.9 Å². The number of hydrogen-bond donors (Lipinski definition) is 3. The molecule has 0 aromatic carbocycles. The van der Waals surface area contributed by atoms with Crippen LogP contribution in [0.3, 0.4) is 0 Å². The number of carbonyl (C=O) groups excluding carboxylic acids is 3. The average Bonchev–Trinajstić information content (AvgIpc) is 3.49. The van der Waals surface area contributed by atoms with Crippen molar-refractivity contribution in [2.45, 2.75) is 56.2 Å². The molecule has 12 heteroatoms. The molecule has 2 bridgehead atoms. The fourth-order valence-electron chi connectivity index (χ4n) is 5.49. The number of hydrogen-bond acceptors (Lipinski definition) is 5. The number of aromatic amines is 1. The SMILES string of the molecule is N#CC(CC1CCNC1=O)NC(=O)C1C2CCC(CC2(F)F)N1C(=O)c1cc2scc(Cl)c2[nH]1. The van der Waals surface area contributed by atoms with Crippen molar-refractivity contribution in [1.29, 1.82) is 5.26 Å². The number of nitriles is 1. The van der Waals surface area contributed by atoms with E-state index in [1.807, 2.05) is 6.07 Å². The molecule has 34 heavy (non-hydrogen) atoms. The fraction of sp³-hybridized carbons (Fsp3) is 0.545. The molecule has 5 heterocycles. The summed E-state index contributed by atoms with van der Waals surface area (Å²) in [6.45, 7) is 0.494. The Kier molecular flexibility index (Phi) is 5.76. The monoisotopic (exact) mass is 509 g/mol. The predicted molar refractivity (Wildman–Crippen MR) is 120 cm³/mol. The Balaban J connectivity index is 1.42. The van der Waals surface area contributed by atoms with E-state index in [1.54, 1.807) is 11.4 Å². The first-order chi connectivity index (χ1) is 16.2. The Bertz CT molecular complexity index is 1210. The van der Waals surface area contributed by atoms with Crippen LogP contribution in [0.4, 0.5) is 8.78 Å². The number of nitrogens with zero attached hydrogens (tertiary/aromatic N) is 2. The molecule has 3 amide bonds. The van der Waals surface area contributed by atoms with Crippen LogP contribution in [0.1, 0.15) is 42.6 Å². The van der Waals surface area contributed by atoms with Crippen molar-refractivity contribution in [3.63, 3.8) is 0 Å². The number of amides is 3. The van der Waals surface area contributed by atoms with Gasteiger partial charge >= 0.3 is 0 Å². The molecule has 8 nitrogen and oxygen atoms in total. The largest absolute Gasteiger partial charge is 0.356 e. The minimum Gasteiger partial charge on any atom is -0.356 e. The van der Waals surface area contributed by atoms with Crippen LogP contribution in [0.2, 0.25) is 5.02 Å². The van der Waals surface area contributed by atoms with Crippen LogP contribution in [0.5, 0.6) is 0 Å². The second-order valence-electron chi connectivity index (χ2n) is 9.17. The zero-order valence-corrected chi connectivity index (χ0v) is 19.5. The smallest absolute Gasteiger partial charge is 0.271 e. The topological polar surface area (TPSA) is 118 Å². The molecule has 3 N–H and O–H groups in total. The van der Waals surface area contributed by atoms with Gasteiger partial charge in [0.2, 0.25) is 11.8 Å². The standard InChI is InChI=1S/C22H22ClF2N5O3S/c23-14-9-34-16-6-15(29-17(14)16)21(33)30-12-1-2-13(22(24,25)7-12)18(30)20(32)28-11(8-26)5-10-3-4-27-19(10)31/h6,9-13,18,29H,1-5,7H2,(H,27,31)(H,28,32). The summed E-state index contributed by atoms with van der Waals surface area (Å²) < 4.78 is 30.5. The van der Waals surface area contributed by atoms with Gasteiger partial charge in [0.15, 0.2) is 0 Å². The summed E-state index contributed by atoms with van der Waals surface area (Å²) in [5.41, 5.74) is 0.764. The highest BCUT2D eigenvalue weighted by Crippen LogP contribution is 2.49. The number of aromatic nitrogens is 1. The molecule has 2 aromatic rings. The molecule has 4 aliphatic rings. The molecule has 0 spiro atoms. The lowest BCUT2D eigenvalue weighted by Gasteiger charge is -2.53. The third-order valence-corrected chi connectivity index (χ3v) is 8.49. The van der Waals surface area contributed by atoms with Gasteiger partial charge in [0.05, 0.1) is 27.2 Å². The van der Waals surface area contributed by atoms with Crippen molar-refractivity contribution in [3.8, 4) is 6.07 Å². The van der Waals surface area contributed by atoms with Gasteiger partial charge in [0, 0.05) is 30.3 Å². The second-order valence-corrected chi connectivity index (χ2v) is 10.5. The zero-order valence-electron chi connectivity index (χ0n) is 17.9. The lowest BCUT2D eigenvalue weighted by molar-refractivity contribution is -0.179. The number of H-pyrrole nitrogens is 1. The minimum atomic E-state index is -3.10. The van der Waals surface area contributed by atoms with E-state index in [0.29, 0.717) is 29.9 Å². The van der Waals surface area contributed by atoms with E-state index in [9.17, 15) is 28.4 Å². The molecular formula is C22H22ClF2N5O3S. The Morgan fingerprint density at radius 1 is 1.38 bits per heavy atom. The van der Waals surface area contributed by atoms with E-state index >= 15 is 0 Å². The van der Waals surface area contributed by atoms with Crippen molar-refractivity contribution in [2.24, 2.45) is 11.8 Å². The molecule has 4 fully saturated rings. The summed E-state index contributed by atoms with van der Waals surface area (Å²) in [7, 11) is 0. The maximum Gasteiger partial charge on any atom is 0.271 e. The normalized spacial score (nSPS) is 28.5. The van der Waals surface area contributed by atoms with Gasteiger partial charge in [0.1, 0.15) is 17.8 Å². The summed E-state index contributed by atoms with van der Waals surface area (Å²) in [4.78, 5) is 42.9. The highest BCUT2D eigenvalue weighted by Gasteiger charge is 2.60. The van der Waals surface area contributed by atoms with Gasteiger partial charge in [-0.1, -0.05) is 11.6 Å². The van der Waals surface area contributed by atoms with Crippen molar-refractivity contribution in [1.82, 2.24) is 20.5 Å². The van der Waals surface area contributed by atoms with E-state index in [0.717, 1.165) is 4.70 Å². The first-order valence-electron chi connectivity index (χ1n) is 11.1. The summed E-state index contributed by atoms with van der Waals surface area (Å²) in [6, 6.07) is 0.323. The third-order valence-electron chi connectivity index (χ3n) is 7.13. The highest BCUT2D eigenvalue weighted by atomic mass is 35.5. The van der Waals surface area contributed by atoms with Gasteiger partial charge in [-0.3, -0.25) is 14.4 Å². The molecule has 0 radical (unpaired) electrons. The van der Waals surface area contributed by atoms with Crippen molar-refractivity contribution in [2.75, 3.05) is 6.54 Å². The maximum absolute atomic E-state index is 14.9. The van der Waals surface area contributed by atoms with E-state index in [2.05, 4.69) is 15.6 Å². The van der Waals surface area contributed by atoms with Crippen molar-refractivity contribution in [3.05, 3.63) is 22.2 Å². The van der Waals surface area contributed by atoms with Crippen LogP contribution < -0.4 is 10.6 Å². The Morgan fingerprint density at radius 2 is 2.18 bits per heavy atom. The van der Waals surface area contributed by atoms with Crippen LogP contribution in [0, 0.1) is 23.2 Å². The van der Waals surface area contributed by atoms with E-state index in [-0.39, 0.29) is 24.4 Å². The quantitative estimate of drug-likeness (QED) is 0.574. The van der Waals surface area contributed by atoms with Crippen LogP contribution in [0.15, 0.2) is 11.4 Å². The summed E-state index contributed by atoms with van der Waals surface area (Å²) >= 11 is 7.49. The molecule has 5 unspecified atom stereocenters. The molecule has 1 saturated carbocycles. The molecule has 3 saturated heterocycles. The number of rotatable bonds is 5. The predicted octanol–water partition coefficient (Wildman–Crippen LogP) is 3.05. The average molecular weight is 510 g/mol. The Hall–Kier alpha value is -2.71. The lowest BCUT2D eigenvalue weighted by Crippen LogP contribution is -2.68. The number of alkyl halides is 2. The van der Waals surface area contributed by atoms with Crippen molar-refractivity contribution < 1.29 is 23.2 Å². The van der Waals surface area contributed by atoms with Crippen LogP contribution in [-0.4, -0.2) is 58.2 Å². The molecule has 3 aliphatic heterocycles. The van der Waals surface area contributed by atoms with E-state index < -0.39 is 54.1 Å². The van der Waals surface area contributed by atoms with Gasteiger partial charge in [-0.25, -0.2) is 8.78 Å².